The zero-order valence-corrected chi connectivity index (χ0v) is 5.96. The van der Waals surface area contributed by atoms with Crippen molar-refractivity contribution < 1.29 is 9.53 Å². The summed E-state index contributed by atoms with van der Waals surface area (Å²) >= 11 is 0. The Bertz CT molecular complexity index is 209. The molecule has 1 aliphatic carbocycles. The molecule has 1 saturated carbocycles. The van der Waals surface area contributed by atoms with E-state index in [9.17, 15) is 4.79 Å². The van der Waals surface area contributed by atoms with Crippen molar-refractivity contribution in [2.24, 2.45) is 11.8 Å². The summed E-state index contributed by atoms with van der Waals surface area (Å²) in [5.74, 6) is 0.591. The molecule has 2 rings (SSSR count). The van der Waals surface area contributed by atoms with Crippen LogP contribution in [-0.4, -0.2) is 11.6 Å². The van der Waals surface area contributed by atoms with Crippen molar-refractivity contribution in [3.8, 4) is 0 Å². The van der Waals surface area contributed by atoms with Crippen LogP contribution in [0, 0.1) is 11.8 Å². The van der Waals surface area contributed by atoms with Gasteiger partial charge < -0.3 is 4.74 Å². The van der Waals surface area contributed by atoms with Crippen LogP contribution < -0.4 is 0 Å². The Labute approximate surface area is 59.9 Å². The lowest BCUT2D eigenvalue weighted by molar-refractivity contribution is -0.148. The molecule has 1 unspecified atom stereocenters. The highest BCUT2D eigenvalue weighted by molar-refractivity contribution is 5.80. The summed E-state index contributed by atoms with van der Waals surface area (Å²) in [7, 11) is 0. The Morgan fingerprint density at radius 3 is 2.80 bits per heavy atom. The number of esters is 1. The van der Waals surface area contributed by atoms with Gasteiger partial charge in [0.25, 0.3) is 0 Å². The standard InChI is InChI=1S/C8H10O2/c1-3-8(2)6-4-5(6)7(9)10-8/h3,5-6H,1,4H2,2H3/t5-,6+,8?/m0/s1. The van der Waals surface area contributed by atoms with E-state index in [0.717, 1.165) is 6.42 Å². The van der Waals surface area contributed by atoms with E-state index in [0.29, 0.717) is 5.92 Å². The summed E-state index contributed by atoms with van der Waals surface area (Å²) in [4.78, 5) is 10.9. The minimum Gasteiger partial charge on any atom is -0.455 e. The monoisotopic (exact) mass is 138 g/mol. The highest BCUT2D eigenvalue weighted by Gasteiger charge is 2.61. The van der Waals surface area contributed by atoms with E-state index in [1.54, 1.807) is 6.08 Å². The third-order valence-electron chi connectivity index (χ3n) is 2.56. The van der Waals surface area contributed by atoms with E-state index in [4.69, 9.17) is 4.74 Å². The lowest BCUT2D eigenvalue weighted by atomic mass is 10.0. The maximum Gasteiger partial charge on any atom is 0.310 e. The Hall–Kier alpha value is -0.790. The third kappa shape index (κ3) is 0.516. The number of hydrogen-bond donors (Lipinski definition) is 0. The van der Waals surface area contributed by atoms with Gasteiger partial charge in [-0.05, 0) is 19.4 Å². The normalized spacial score (nSPS) is 49.9. The lowest BCUT2D eigenvalue weighted by Crippen LogP contribution is -2.25. The van der Waals surface area contributed by atoms with Gasteiger partial charge in [-0.25, -0.2) is 0 Å². The fourth-order valence-corrected chi connectivity index (χ4v) is 1.65. The molecule has 1 heterocycles. The number of ether oxygens (including phenoxy) is 1. The molecule has 0 aromatic carbocycles. The van der Waals surface area contributed by atoms with Gasteiger partial charge in [-0.15, -0.1) is 0 Å². The molecule has 0 amide bonds. The minimum absolute atomic E-state index is 0.0348. The Kier molecular flexibility index (Phi) is 0.858. The molecule has 2 heteroatoms. The Morgan fingerprint density at radius 2 is 2.60 bits per heavy atom. The second-order valence-electron chi connectivity index (χ2n) is 3.26. The molecule has 54 valence electrons. The average molecular weight is 138 g/mol. The van der Waals surface area contributed by atoms with Crippen LogP contribution in [0.2, 0.25) is 0 Å². The first-order valence-electron chi connectivity index (χ1n) is 3.54. The van der Waals surface area contributed by atoms with Gasteiger partial charge in [-0.1, -0.05) is 6.58 Å². The number of cyclic esters (lactones) is 1. The van der Waals surface area contributed by atoms with Gasteiger partial charge in [-0.3, -0.25) is 4.79 Å². The maximum absolute atomic E-state index is 10.9. The van der Waals surface area contributed by atoms with Crippen LogP contribution >= 0.6 is 0 Å². The molecule has 1 saturated heterocycles. The van der Waals surface area contributed by atoms with Crippen LogP contribution in [-0.2, 0) is 9.53 Å². The SMILES string of the molecule is C=CC1(C)OC(=O)[C@H]2C[C@H]21. The van der Waals surface area contributed by atoms with Gasteiger partial charge >= 0.3 is 5.97 Å². The van der Waals surface area contributed by atoms with Crippen molar-refractivity contribution in [3.63, 3.8) is 0 Å². The summed E-state index contributed by atoms with van der Waals surface area (Å²) < 4.78 is 5.10. The molecule has 0 radical (unpaired) electrons. The summed E-state index contributed by atoms with van der Waals surface area (Å²) in [6, 6.07) is 0. The van der Waals surface area contributed by atoms with E-state index in [2.05, 4.69) is 6.58 Å². The van der Waals surface area contributed by atoms with Gasteiger partial charge in [0.2, 0.25) is 0 Å². The quantitative estimate of drug-likeness (QED) is 0.401. The largest absolute Gasteiger partial charge is 0.455 e. The van der Waals surface area contributed by atoms with Gasteiger partial charge in [0.1, 0.15) is 5.60 Å². The molecule has 3 atom stereocenters. The molecule has 2 nitrogen and oxygen atoms in total. The Balaban J connectivity index is 2.28. The van der Waals surface area contributed by atoms with Crippen LogP contribution in [0.15, 0.2) is 12.7 Å². The van der Waals surface area contributed by atoms with Crippen molar-refractivity contribution in [2.45, 2.75) is 18.9 Å². The highest BCUT2D eigenvalue weighted by Crippen LogP contribution is 2.55. The van der Waals surface area contributed by atoms with Crippen LogP contribution in [0.5, 0.6) is 0 Å². The average Bonchev–Trinajstić information content (AvgIpc) is 2.61. The van der Waals surface area contributed by atoms with Crippen LogP contribution in [0.4, 0.5) is 0 Å². The summed E-state index contributed by atoms with van der Waals surface area (Å²) in [6.45, 7) is 5.57. The lowest BCUT2D eigenvalue weighted by Gasteiger charge is -2.19. The zero-order valence-electron chi connectivity index (χ0n) is 5.96. The first-order valence-corrected chi connectivity index (χ1v) is 3.54. The first-order chi connectivity index (χ1) is 4.67. The van der Waals surface area contributed by atoms with E-state index in [-0.39, 0.29) is 17.5 Å². The predicted molar refractivity (Wildman–Crippen MR) is 36.3 cm³/mol. The smallest absolute Gasteiger partial charge is 0.310 e. The van der Waals surface area contributed by atoms with Crippen molar-refractivity contribution in [1.82, 2.24) is 0 Å². The molecule has 0 aromatic heterocycles. The molecule has 2 fully saturated rings. The number of carbonyl (C=O) groups is 1. The summed E-state index contributed by atoms with van der Waals surface area (Å²) in [5.41, 5.74) is -0.345. The van der Waals surface area contributed by atoms with Crippen molar-refractivity contribution in [2.75, 3.05) is 0 Å². The zero-order chi connectivity index (χ0) is 7.35. The number of carbonyl (C=O) groups excluding carboxylic acids is 1. The van der Waals surface area contributed by atoms with Crippen molar-refractivity contribution >= 4 is 5.97 Å². The van der Waals surface area contributed by atoms with Gasteiger partial charge in [0, 0.05) is 5.92 Å². The van der Waals surface area contributed by atoms with E-state index < -0.39 is 0 Å². The number of hydrogen-bond acceptors (Lipinski definition) is 2. The van der Waals surface area contributed by atoms with E-state index in [1.165, 1.54) is 0 Å². The molecule has 0 N–H and O–H groups in total. The number of fused-ring (bicyclic) bond motifs is 1. The van der Waals surface area contributed by atoms with E-state index in [1.807, 2.05) is 6.92 Å². The van der Waals surface area contributed by atoms with Gasteiger partial charge in [0.05, 0.1) is 5.92 Å². The summed E-state index contributed by atoms with van der Waals surface area (Å²) in [6.07, 6.45) is 2.74. The molecule has 0 spiro atoms. The first kappa shape index (κ1) is 5.96. The summed E-state index contributed by atoms with van der Waals surface area (Å²) in [5, 5.41) is 0. The topological polar surface area (TPSA) is 26.3 Å². The highest BCUT2D eigenvalue weighted by atomic mass is 16.6. The molecule has 0 bridgehead atoms. The van der Waals surface area contributed by atoms with Crippen molar-refractivity contribution in [1.29, 1.82) is 0 Å². The predicted octanol–water partition coefficient (Wildman–Crippen LogP) is 1.12. The Morgan fingerprint density at radius 1 is 1.90 bits per heavy atom. The third-order valence-corrected chi connectivity index (χ3v) is 2.56. The molecule has 2 aliphatic rings. The van der Waals surface area contributed by atoms with Crippen molar-refractivity contribution in [3.05, 3.63) is 12.7 Å². The molecule has 10 heavy (non-hydrogen) atoms. The van der Waals surface area contributed by atoms with E-state index >= 15 is 0 Å². The van der Waals surface area contributed by atoms with Crippen LogP contribution in [0.1, 0.15) is 13.3 Å². The van der Waals surface area contributed by atoms with Gasteiger partial charge in [0.15, 0.2) is 0 Å². The fraction of sp³-hybridized carbons (Fsp3) is 0.625. The number of rotatable bonds is 1. The van der Waals surface area contributed by atoms with Crippen LogP contribution in [0.25, 0.3) is 0 Å². The maximum atomic E-state index is 10.9. The molecule has 0 aromatic rings. The minimum atomic E-state index is -0.345. The van der Waals surface area contributed by atoms with Crippen LogP contribution in [0.3, 0.4) is 0 Å². The second kappa shape index (κ2) is 1.44. The molecule has 1 aliphatic heterocycles. The van der Waals surface area contributed by atoms with Gasteiger partial charge in [-0.2, -0.15) is 0 Å². The molecular weight excluding hydrogens is 128 g/mol. The molecular formula is C8H10O2. The fourth-order valence-electron chi connectivity index (χ4n) is 1.65. The second-order valence-corrected chi connectivity index (χ2v) is 3.26.